The summed E-state index contributed by atoms with van der Waals surface area (Å²) in [4.78, 5) is 12.3. The fraction of sp³-hybridized carbons (Fsp3) is 0.118. The fourth-order valence-electron chi connectivity index (χ4n) is 2.25. The number of amides is 1. The van der Waals surface area contributed by atoms with Crippen molar-refractivity contribution in [2.75, 3.05) is 5.32 Å². The van der Waals surface area contributed by atoms with E-state index in [2.05, 4.69) is 5.32 Å². The second kappa shape index (κ2) is 5.42. The topological polar surface area (TPSA) is 62.5 Å². The molecule has 3 rings (SSSR count). The van der Waals surface area contributed by atoms with Crippen LogP contribution in [0.25, 0.3) is 11.0 Å². The van der Waals surface area contributed by atoms with Crippen molar-refractivity contribution < 1.29 is 14.3 Å². The average Bonchev–Trinajstić information content (AvgIpc) is 2.91. The smallest absolute Gasteiger partial charge is 0.291 e. The highest BCUT2D eigenvalue weighted by atomic mass is 16.3. The monoisotopic (exact) mass is 281 g/mol. The number of fused-ring (bicyclic) bond motifs is 1. The lowest BCUT2D eigenvalue weighted by Gasteiger charge is -2.11. The zero-order chi connectivity index (χ0) is 14.8. The second-order valence-corrected chi connectivity index (χ2v) is 4.87. The molecule has 1 heterocycles. The molecule has 106 valence electrons. The van der Waals surface area contributed by atoms with E-state index in [1.165, 1.54) is 0 Å². The molecule has 0 spiro atoms. The Bertz CT molecular complexity index is 756. The first-order valence-corrected chi connectivity index (χ1v) is 6.72. The maximum absolute atomic E-state index is 12.3. The molecule has 21 heavy (non-hydrogen) atoms. The zero-order valence-corrected chi connectivity index (χ0v) is 11.5. The molecule has 0 radical (unpaired) electrons. The van der Waals surface area contributed by atoms with Crippen molar-refractivity contribution in [3.05, 3.63) is 65.9 Å². The molecule has 4 nitrogen and oxygen atoms in total. The number of benzene rings is 2. The molecule has 0 aliphatic heterocycles. The van der Waals surface area contributed by atoms with Gasteiger partial charge in [-0.1, -0.05) is 36.4 Å². The lowest BCUT2D eigenvalue weighted by molar-refractivity contribution is 0.0998. The minimum Gasteiger partial charge on any atom is -0.451 e. The number of furan rings is 1. The number of hydrogen-bond acceptors (Lipinski definition) is 3. The van der Waals surface area contributed by atoms with Crippen molar-refractivity contribution in [1.82, 2.24) is 0 Å². The second-order valence-electron chi connectivity index (χ2n) is 4.87. The van der Waals surface area contributed by atoms with Gasteiger partial charge in [-0.3, -0.25) is 4.79 Å². The highest BCUT2D eigenvalue weighted by Gasteiger charge is 2.15. The summed E-state index contributed by atoms with van der Waals surface area (Å²) < 4.78 is 5.53. The summed E-state index contributed by atoms with van der Waals surface area (Å²) in [7, 11) is 0. The van der Waals surface area contributed by atoms with E-state index in [9.17, 15) is 9.90 Å². The van der Waals surface area contributed by atoms with Crippen molar-refractivity contribution in [3.8, 4) is 0 Å². The first kappa shape index (κ1) is 13.4. The van der Waals surface area contributed by atoms with Crippen LogP contribution in [0.3, 0.4) is 0 Å². The first-order chi connectivity index (χ1) is 10.1. The summed E-state index contributed by atoms with van der Waals surface area (Å²) in [6, 6.07) is 16.3. The average molecular weight is 281 g/mol. The van der Waals surface area contributed by atoms with Gasteiger partial charge in [0.1, 0.15) is 5.58 Å². The summed E-state index contributed by atoms with van der Waals surface area (Å²) in [5.74, 6) is -0.0871. The molecule has 0 saturated heterocycles. The van der Waals surface area contributed by atoms with Gasteiger partial charge in [0, 0.05) is 16.6 Å². The Morgan fingerprint density at radius 3 is 2.62 bits per heavy atom. The number of carbonyl (C=O) groups excluding carboxylic acids is 1. The van der Waals surface area contributed by atoms with Gasteiger partial charge in [-0.25, -0.2) is 0 Å². The van der Waals surface area contributed by atoms with Gasteiger partial charge in [-0.15, -0.1) is 0 Å². The number of rotatable bonds is 3. The van der Waals surface area contributed by atoms with Crippen LogP contribution in [-0.2, 0) is 0 Å². The minimum absolute atomic E-state index is 0.247. The molecular weight excluding hydrogens is 266 g/mol. The Labute approximate surface area is 122 Å². The van der Waals surface area contributed by atoms with Crippen LogP contribution in [-0.4, -0.2) is 11.0 Å². The predicted octanol–water partition coefficient (Wildman–Crippen LogP) is 3.74. The number of carbonyl (C=O) groups is 1. The standard InChI is InChI=1S/C17H15NO3/c1-11(19)13-7-3-4-8-14(13)18-17(20)16-10-12-6-2-5-9-15(12)21-16/h2-11,19H,1H3,(H,18,20). The van der Waals surface area contributed by atoms with Crippen LogP contribution in [0.15, 0.2) is 59.0 Å². The first-order valence-electron chi connectivity index (χ1n) is 6.72. The Morgan fingerprint density at radius 2 is 1.86 bits per heavy atom. The van der Waals surface area contributed by atoms with E-state index in [-0.39, 0.29) is 11.7 Å². The molecule has 1 unspecified atom stereocenters. The van der Waals surface area contributed by atoms with Crippen LogP contribution in [0, 0.1) is 0 Å². The molecule has 0 fully saturated rings. The summed E-state index contributed by atoms with van der Waals surface area (Å²) >= 11 is 0. The SMILES string of the molecule is CC(O)c1ccccc1NC(=O)c1cc2ccccc2o1. The van der Waals surface area contributed by atoms with Crippen LogP contribution >= 0.6 is 0 Å². The van der Waals surface area contributed by atoms with E-state index in [1.807, 2.05) is 30.3 Å². The van der Waals surface area contributed by atoms with Crippen LogP contribution in [0.2, 0.25) is 0 Å². The summed E-state index contributed by atoms with van der Waals surface area (Å²) in [5.41, 5.74) is 1.92. The van der Waals surface area contributed by atoms with Gasteiger partial charge in [0.2, 0.25) is 0 Å². The van der Waals surface area contributed by atoms with E-state index in [4.69, 9.17) is 4.42 Å². The maximum atomic E-state index is 12.3. The minimum atomic E-state index is -0.655. The Morgan fingerprint density at radius 1 is 1.14 bits per heavy atom. The summed E-state index contributed by atoms with van der Waals surface area (Å²) in [5, 5.41) is 13.4. The van der Waals surface area contributed by atoms with E-state index in [1.54, 1.807) is 31.2 Å². The van der Waals surface area contributed by atoms with Crippen molar-refractivity contribution in [2.24, 2.45) is 0 Å². The Balaban J connectivity index is 1.89. The third-order valence-electron chi connectivity index (χ3n) is 3.31. The molecule has 1 aromatic heterocycles. The normalized spacial score (nSPS) is 12.3. The molecule has 3 aromatic rings. The zero-order valence-electron chi connectivity index (χ0n) is 11.5. The molecule has 0 aliphatic rings. The van der Waals surface area contributed by atoms with E-state index < -0.39 is 6.10 Å². The molecular formula is C17H15NO3. The van der Waals surface area contributed by atoms with Gasteiger partial charge in [0.05, 0.1) is 6.10 Å². The number of hydrogen-bond donors (Lipinski definition) is 2. The number of para-hydroxylation sites is 2. The molecule has 2 N–H and O–H groups in total. The lowest BCUT2D eigenvalue weighted by Crippen LogP contribution is -2.13. The van der Waals surface area contributed by atoms with Crippen molar-refractivity contribution in [3.63, 3.8) is 0 Å². The molecule has 1 amide bonds. The number of anilines is 1. The Kier molecular flexibility index (Phi) is 3.46. The maximum Gasteiger partial charge on any atom is 0.291 e. The molecule has 4 heteroatoms. The highest BCUT2D eigenvalue weighted by Crippen LogP contribution is 2.24. The van der Waals surface area contributed by atoms with Gasteiger partial charge in [0.25, 0.3) is 5.91 Å². The van der Waals surface area contributed by atoms with Gasteiger partial charge in [-0.05, 0) is 25.1 Å². The highest BCUT2D eigenvalue weighted by molar-refractivity contribution is 6.05. The molecule has 1 atom stereocenters. The summed E-state index contributed by atoms with van der Waals surface area (Å²) in [6.45, 7) is 1.66. The molecule has 0 bridgehead atoms. The fourth-order valence-corrected chi connectivity index (χ4v) is 2.25. The Hall–Kier alpha value is -2.59. The third-order valence-corrected chi connectivity index (χ3v) is 3.31. The third kappa shape index (κ3) is 2.66. The van der Waals surface area contributed by atoms with Crippen LogP contribution in [0.5, 0.6) is 0 Å². The molecule has 0 aliphatic carbocycles. The number of aliphatic hydroxyl groups is 1. The van der Waals surface area contributed by atoms with E-state index in [0.29, 0.717) is 16.8 Å². The van der Waals surface area contributed by atoms with E-state index in [0.717, 1.165) is 5.39 Å². The van der Waals surface area contributed by atoms with Crippen LogP contribution in [0.4, 0.5) is 5.69 Å². The van der Waals surface area contributed by atoms with Gasteiger partial charge < -0.3 is 14.8 Å². The molecule has 2 aromatic carbocycles. The van der Waals surface area contributed by atoms with Crippen molar-refractivity contribution >= 4 is 22.6 Å². The van der Waals surface area contributed by atoms with Crippen molar-refractivity contribution in [1.29, 1.82) is 0 Å². The van der Waals surface area contributed by atoms with Crippen LogP contribution < -0.4 is 5.32 Å². The lowest BCUT2D eigenvalue weighted by atomic mass is 10.1. The molecule has 0 saturated carbocycles. The predicted molar refractivity (Wildman–Crippen MR) is 81.2 cm³/mol. The van der Waals surface area contributed by atoms with Gasteiger partial charge in [-0.2, -0.15) is 0 Å². The van der Waals surface area contributed by atoms with Crippen LogP contribution in [0.1, 0.15) is 29.1 Å². The van der Waals surface area contributed by atoms with Crippen molar-refractivity contribution in [2.45, 2.75) is 13.0 Å². The van der Waals surface area contributed by atoms with Gasteiger partial charge >= 0.3 is 0 Å². The largest absolute Gasteiger partial charge is 0.451 e. The summed E-state index contributed by atoms with van der Waals surface area (Å²) in [6.07, 6.45) is -0.655. The number of nitrogens with one attached hydrogen (secondary N) is 1. The number of aliphatic hydroxyl groups excluding tert-OH is 1. The van der Waals surface area contributed by atoms with Gasteiger partial charge in [0.15, 0.2) is 5.76 Å². The quantitative estimate of drug-likeness (QED) is 0.768. The van der Waals surface area contributed by atoms with E-state index >= 15 is 0 Å².